The van der Waals surface area contributed by atoms with E-state index in [1.807, 2.05) is 0 Å². The Bertz CT molecular complexity index is 359. The average molecular weight is 249 g/mol. The summed E-state index contributed by atoms with van der Waals surface area (Å²) in [5.41, 5.74) is 0.0155. The van der Waals surface area contributed by atoms with E-state index in [2.05, 4.69) is 5.32 Å². The number of rotatable bonds is 6. The molecule has 0 spiro atoms. The second-order valence-electron chi connectivity index (χ2n) is 4.66. The van der Waals surface area contributed by atoms with Crippen LogP contribution in [0.4, 0.5) is 0 Å². The van der Waals surface area contributed by atoms with E-state index in [1.165, 1.54) is 6.92 Å². The maximum atomic E-state index is 11.5. The third-order valence-electron chi connectivity index (χ3n) is 3.25. The molecule has 1 rings (SSSR count). The number of nitrogens with one attached hydrogen (secondary N) is 1. The number of amides is 1. The molecule has 0 radical (unpaired) electrons. The molecule has 1 aliphatic carbocycles. The highest BCUT2D eigenvalue weighted by molar-refractivity contribution is 7.92. The minimum atomic E-state index is -3.32. The predicted molar refractivity (Wildman–Crippen MR) is 60.7 cm³/mol. The molecule has 6 heteroatoms. The van der Waals surface area contributed by atoms with E-state index in [-0.39, 0.29) is 12.0 Å². The smallest absolute Gasteiger partial charge is 0.238 e. The molecule has 1 amide bonds. The van der Waals surface area contributed by atoms with Crippen LogP contribution < -0.4 is 5.32 Å². The third kappa shape index (κ3) is 3.45. The van der Waals surface area contributed by atoms with Gasteiger partial charge in [0.25, 0.3) is 0 Å². The van der Waals surface area contributed by atoms with Crippen LogP contribution in [0.2, 0.25) is 0 Å². The molecule has 1 fully saturated rings. The van der Waals surface area contributed by atoms with Crippen molar-refractivity contribution in [3.8, 4) is 0 Å². The van der Waals surface area contributed by atoms with Gasteiger partial charge in [0.1, 0.15) is 5.25 Å². The summed E-state index contributed by atoms with van der Waals surface area (Å²) in [6.07, 6.45) is 3.70. The van der Waals surface area contributed by atoms with Crippen LogP contribution in [-0.2, 0) is 14.6 Å². The molecule has 1 aliphatic rings. The number of carbonyl (C=O) groups is 1. The molecule has 16 heavy (non-hydrogen) atoms. The van der Waals surface area contributed by atoms with Crippen LogP contribution in [0.25, 0.3) is 0 Å². The van der Waals surface area contributed by atoms with Gasteiger partial charge in [-0.1, -0.05) is 0 Å². The van der Waals surface area contributed by atoms with Crippen molar-refractivity contribution >= 4 is 15.7 Å². The summed E-state index contributed by atoms with van der Waals surface area (Å²) in [7, 11) is -3.32. The lowest BCUT2D eigenvalue weighted by atomic mass is 10.0. The molecule has 1 atom stereocenters. The molecule has 94 valence electrons. The largest absolute Gasteiger partial charge is 0.396 e. The van der Waals surface area contributed by atoms with Crippen LogP contribution in [0.5, 0.6) is 0 Å². The number of carbonyl (C=O) groups excluding carboxylic acids is 1. The lowest BCUT2D eigenvalue weighted by Crippen LogP contribution is -2.40. The van der Waals surface area contributed by atoms with E-state index >= 15 is 0 Å². The van der Waals surface area contributed by atoms with Crippen LogP contribution in [0, 0.1) is 5.41 Å². The van der Waals surface area contributed by atoms with E-state index in [4.69, 9.17) is 5.11 Å². The fourth-order valence-electron chi connectivity index (χ4n) is 1.54. The first kappa shape index (κ1) is 13.4. The van der Waals surface area contributed by atoms with Gasteiger partial charge in [0.05, 0.1) is 0 Å². The van der Waals surface area contributed by atoms with Crippen molar-refractivity contribution in [3.63, 3.8) is 0 Å². The predicted octanol–water partition coefficient (Wildman–Crippen LogP) is -0.302. The summed E-state index contributed by atoms with van der Waals surface area (Å²) >= 11 is 0. The summed E-state index contributed by atoms with van der Waals surface area (Å²) in [6.45, 7) is 1.96. The third-order valence-corrected chi connectivity index (χ3v) is 4.75. The number of hydrogen-bond acceptors (Lipinski definition) is 4. The molecule has 0 saturated heterocycles. The fourth-order valence-corrected chi connectivity index (χ4v) is 2.01. The van der Waals surface area contributed by atoms with Gasteiger partial charge in [-0.2, -0.15) is 0 Å². The monoisotopic (exact) mass is 249 g/mol. The zero-order chi connectivity index (χ0) is 12.4. The minimum Gasteiger partial charge on any atom is -0.396 e. The Hall–Kier alpha value is -0.620. The van der Waals surface area contributed by atoms with Gasteiger partial charge in [-0.25, -0.2) is 8.42 Å². The zero-order valence-electron chi connectivity index (χ0n) is 9.69. The number of aliphatic hydroxyl groups excluding tert-OH is 1. The summed E-state index contributed by atoms with van der Waals surface area (Å²) in [5.74, 6) is -0.452. The van der Waals surface area contributed by atoms with Crippen molar-refractivity contribution < 1.29 is 18.3 Å². The van der Waals surface area contributed by atoms with E-state index in [0.29, 0.717) is 13.0 Å². The van der Waals surface area contributed by atoms with Crippen LogP contribution in [-0.4, -0.2) is 44.1 Å². The summed E-state index contributed by atoms with van der Waals surface area (Å²) in [4.78, 5) is 11.5. The van der Waals surface area contributed by atoms with Crippen LogP contribution in [0.15, 0.2) is 0 Å². The van der Waals surface area contributed by atoms with Gasteiger partial charge < -0.3 is 10.4 Å². The molecule has 0 aromatic rings. The van der Waals surface area contributed by atoms with E-state index in [0.717, 1.165) is 19.1 Å². The van der Waals surface area contributed by atoms with E-state index in [1.54, 1.807) is 0 Å². The Balaban J connectivity index is 2.42. The van der Waals surface area contributed by atoms with Crippen molar-refractivity contribution in [2.45, 2.75) is 31.4 Å². The van der Waals surface area contributed by atoms with Crippen molar-refractivity contribution in [2.24, 2.45) is 5.41 Å². The first-order chi connectivity index (χ1) is 7.31. The molecule has 0 aromatic carbocycles. The molecule has 5 nitrogen and oxygen atoms in total. The summed E-state index contributed by atoms with van der Waals surface area (Å²) < 4.78 is 22.3. The van der Waals surface area contributed by atoms with Crippen molar-refractivity contribution in [3.05, 3.63) is 0 Å². The summed E-state index contributed by atoms with van der Waals surface area (Å²) in [5, 5.41) is 10.5. The first-order valence-electron chi connectivity index (χ1n) is 5.38. The quantitative estimate of drug-likeness (QED) is 0.677. The molecule has 1 saturated carbocycles. The van der Waals surface area contributed by atoms with E-state index in [9.17, 15) is 13.2 Å². The van der Waals surface area contributed by atoms with Gasteiger partial charge in [0.15, 0.2) is 9.84 Å². The fraction of sp³-hybridized carbons (Fsp3) is 0.900. The van der Waals surface area contributed by atoms with Crippen molar-refractivity contribution in [1.29, 1.82) is 0 Å². The number of hydrogen-bond donors (Lipinski definition) is 2. The van der Waals surface area contributed by atoms with Crippen LogP contribution >= 0.6 is 0 Å². The molecule has 0 heterocycles. The highest BCUT2D eigenvalue weighted by atomic mass is 32.2. The molecule has 0 aliphatic heterocycles. The number of sulfone groups is 1. The molecule has 2 N–H and O–H groups in total. The minimum absolute atomic E-state index is 0.0155. The van der Waals surface area contributed by atoms with Gasteiger partial charge in [0.2, 0.25) is 5.91 Å². The standard InChI is InChI=1S/C10H19NO4S/c1-8(16(2,14)15)9(13)11-7-10(3-4-10)5-6-12/h8,12H,3-7H2,1-2H3,(H,11,13). The molecular formula is C10H19NO4S. The van der Waals surface area contributed by atoms with Gasteiger partial charge >= 0.3 is 0 Å². The van der Waals surface area contributed by atoms with Crippen molar-refractivity contribution in [2.75, 3.05) is 19.4 Å². The topological polar surface area (TPSA) is 83.5 Å². The Labute approximate surface area is 96.1 Å². The average Bonchev–Trinajstić information content (AvgIpc) is 2.93. The molecule has 0 bridgehead atoms. The lowest BCUT2D eigenvalue weighted by Gasteiger charge is -2.16. The Morgan fingerprint density at radius 3 is 2.44 bits per heavy atom. The first-order valence-corrected chi connectivity index (χ1v) is 7.34. The molecule has 1 unspecified atom stereocenters. The molecular weight excluding hydrogens is 230 g/mol. The maximum Gasteiger partial charge on any atom is 0.238 e. The van der Waals surface area contributed by atoms with Gasteiger partial charge in [-0.3, -0.25) is 4.79 Å². The second kappa shape index (κ2) is 4.71. The van der Waals surface area contributed by atoms with E-state index < -0.39 is 21.0 Å². The number of aliphatic hydroxyl groups is 1. The van der Waals surface area contributed by atoms with Gasteiger partial charge in [-0.15, -0.1) is 0 Å². The second-order valence-corrected chi connectivity index (χ2v) is 7.03. The Morgan fingerprint density at radius 1 is 1.50 bits per heavy atom. The highest BCUT2D eigenvalue weighted by Crippen LogP contribution is 2.47. The molecule has 0 aromatic heterocycles. The van der Waals surface area contributed by atoms with Gasteiger partial charge in [-0.05, 0) is 31.6 Å². The Morgan fingerprint density at radius 2 is 2.06 bits per heavy atom. The lowest BCUT2D eigenvalue weighted by molar-refractivity contribution is -0.120. The highest BCUT2D eigenvalue weighted by Gasteiger charge is 2.42. The SMILES string of the molecule is CC(C(=O)NCC1(CCO)CC1)S(C)(=O)=O. The van der Waals surface area contributed by atoms with Gasteiger partial charge in [0, 0.05) is 19.4 Å². The maximum absolute atomic E-state index is 11.5. The normalized spacial score (nSPS) is 20.2. The zero-order valence-corrected chi connectivity index (χ0v) is 10.5. The van der Waals surface area contributed by atoms with Crippen LogP contribution in [0.1, 0.15) is 26.2 Å². The Kier molecular flexibility index (Phi) is 3.96. The van der Waals surface area contributed by atoms with Crippen molar-refractivity contribution in [1.82, 2.24) is 5.32 Å². The van der Waals surface area contributed by atoms with Crippen LogP contribution in [0.3, 0.4) is 0 Å². The summed E-state index contributed by atoms with van der Waals surface area (Å²) in [6, 6.07) is 0.